The lowest BCUT2D eigenvalue weighted by atomic mass is 10.2. The van der Waals surface area contributed by atoms with Gasteiger partial charge in [0.05, 0.1) is 35.9 Å². The minimum absolute atomic E-state index is 0.0650. The van der Waals surface area contributed by atoms with Crippen LogP contribution in [0.2, 0.25) is 0 Å². The van der Waals surface area contributed by atoms with E-state index in [9.17, 15) is 14.4 Å². The standard InChI is InChI=1S/C26H29N5O5S/c1-18(2)16-36-24(33)19-7-5-8-20(15-19)30-25(34)28-12-6-14-35-23(32)17-37-26-29-13-10-22(31-26)21-9-3-4-11-27-21/h3-5,7-11,13,15,18H,6,12,14,16-17H2,1-2H3,(H2,28,30,34). The molecular weight excluding hydrogens is 494 g/mol. The van der Waals surface area contributed by atoms with Gasteiger partial charge in [0.15, 0.2) is 5.16 Å². The van der Waals surface area contributed by atoms with E-state index in [1.807, 2.05) is 32.0 Å². The van der Waals surface area contributed by atoms with Crippen LogP contribution >= 0.6 is 11.8 Å². The molecule has 2 heterocycles. The summed E-state index contributed by atoms with van der Waals surface area (Å²) in [6.07, 6.45) is 3.75. The first-order chi connectivity index (χ1) is 17.9. The highest BCUT2D eigenvalue weighted by atomic mass is 32.2. The number of nitrogens with zero attached hydrogens (tertiary/aromatic N) is 3. The molecule has 0 radical (unpaired) electrons. The summed E-state index contributed by atoms with van der Waals surface area (Å²) in [5.41, 5.74) is 2.22. The molecule has 0 aliphatic heterocycles. The summed E-state index contributed by atoms with van der Waals surface area (Å²) in [5, 5.41) is 5.81. The number of pyridine rings is 1. The zero-order valence-corrected chi connectivity index (χ0v) is 21.5. The fourth-order valence-corrected chi connectivity index (χ4v) is 3.55. The second-order valence-electron chi connectivity index (χ2n) is 8.26. The van der Waals surface area contributed by atoms with Gasteiger partial charge < -0.3 is 20.1 Å². The summed E-state index contributed by atoms with van der Waals surface area (Å²) in [7, 11) is 0. The molecule has 2 amide bonds. The van der Waals surface area contributed by atoms with Crippen LogP contribution in [0.15, 0.2) is 66.1 Å². The van der Waals surface area contributed by atoms with E-state index in [1.165, 1.54) is 11.8 Å². The fraction of sp³-hybridized carbons (Fsp3) is 0.308. The Morgan fingerprint density at radius 1 is 0.973 bits per heavy atom. The zero-order valence-electron chi connectivity index (χ0n) is 20.7. The maximum Gasteiger partial charge on any atom is 0.338 e. The first-order valence-corrected chi connectivity index (χ1v) is 12.7. The van der Waals surface area contributed by atoms with Crippen molar-refractivity contribution in [2.75, 3.05) is 30.8 Å². The number of amides is 2. The Balaban J connectivity index is 1.32. The van der Waals surface area contributed by atoms with E-state index in [0.717, 1.165) is 5.69 Å². The molecule has 1 aromatic carbocycles. The third-order valence-electron chi connectivity index (χ3n) is 4.65. The van der Waals surface area contributed by atoms with Crippen LogP contribution < -0.4 is 10.6 Å². The number of anilines is 1. The van der Waals surface area contributed by atoms with Crippen LogP contribution in [0.4, 0.5) is 10.5 Å². The van der Waals surface area contributed by atoms with Crippen LogP contribution in [-0.2, 0) is 14.3 Å². The van der Waals surface area contributed by atoms with Crippen LogP contribution in [0.5, 0.6) is 0 Å². The van der Waals surface area contributed by atoms with Crippen molar-refractivity contribution < 1.29 is 23.9 Å². The summed E-state index contributed by atoms with van der Waals surface area (Å²) in [6, 6.07) is 13.4. The van der Waals surface area contributed by atoms with Gasteiger partial charge in [-0.2, -0.15) is 0 Å². The minimum atomic E-state index is -0.440. The van der Waals surface area contributed by atoms with Crippen LogP contribution in [0, 0.1) is 5.92 Å². The zero-order chi connectivity index (χ0) is 26.5. The van der Waals surface area contributed by atoms with E-state index in [0.29, 0.717) is 41.7 Å². The van der Waals surface area contributed by atoms with Gasteiger partial charge in [-0.05, 0) is 48.7 Å². The molecule has 0 unspecified atom stereocenters. The molecule has 0 aliphatic rings. The van der Waals surface area contributed by atoms with Gasteiger partial charge in [0.1, 0.15) is 0 Å². The number of ether oxygens (including phenoxy) is 2. The number of esters is 2. The number of carbonyl (C=O) groups excluding carboxylic acids is 3. The number of carbonyl (C=O) groups is 3. The lowest BCUT2D eigenvalue weighted by Crippen LogP contribution is -2.30. The smallest absolute Gasteiger partial charge is 0.338 e. The van der Waals surface area contributed by atoms with Crippen molar-refractivity contribution in [1.29, 1.82) is 0 Å². The quantitative estimate of drug-likeness (QED) is 0.155. The van der Waals surface area contributed by atoms with Crippen LogP contribution in [0.3, 0.4) is 0 Å². The van der Waals surface area contributed by atoms with Crippen molar-refractivity contribution in [3.05, 3.63) is 66.5 Å². The van der Waals surface area contributed by atoms with Crippen molar-refractivity contribution in [3.8, 4) is 11.4 Å². The van der Waals surface area contributed by atoms with Gasteiger partial charge in [-0.3, -0.25) is 9.78 Å². The Morgan fingerprint density at radius 2 is 1.84 bits per heavy atom. The molecule has 3 rings (SSSR count). The minimum Gasteiger partial charge on any atom is -0.465 e. The van der Waals surface area contributed by atoms with Gasteiger partial charge >= 0.3 is 18.0 Å². The topological polar surface area (TPSA) is 132 Å². The molecule has 2 aromatic heterocycles. The normalized spacial score (nSPS) is 10.6. The molecule has 11 heteroatoms. The van der Waals surface area contributed by atoms with Gasteiger partial charge in [-0.15, -0.1) is 0 Å². The van der Waals surface area contributed by atoms with Crippen LogP contribution in [0.25, 0.3) is 11.4 Å². The molecule has 0 fully saturated rings. The van der Waals surface area contributed by atoms with Gasteiger partial charge in [0, 0.05) is 24.6 Å². The van der Waals surface area contributed by atoms with Crippen LogP contribution in [-0.4, -0.2) is 58.4 Å². The number of aromatic nitrogens is 3. The molecule has 0 bridgehead atoms. The van der Waals surface area contributed by atoms with Crippen molar-refractivity contribution in [2.24, 2.45) is 5.92 Å². The maximum atomic E-state index is 12.1. The van der Waals surface area contributed by atoms with E-state index in [2.05, 4.69) is 25.6 Å². The number of hydrogen-bond acceptors (Lipinski definition) is 9. The van der Waals surface area contributed by atoms with Crippen molar-refractivity contribution in [3.63, 3.8) is 0 Å². The van der Waals surface area contributed by atoms with Crippen molar-refractivity contribution in [2.45, 2.75) is 25.4 Å². The molecule has 0 saturated carbocycles. The molecule has 37 heavy (non-hydrogen) atoms. The van der Waals surface area contributed by atoms with Crippen LogP contribution in [0.1, 0.15) is 30.6 Å². The Kier molecular flexibility index (Phi) is 10.8. The lowest BCUT2D eigenvalue weighted by molar-refractivity contribution is -0.140. The number of thioether (sulfide) groups is 1. The second-order valence-corrected chi connectivity index (χ2v) is 9.20. The van der Waals surface area contributed by atoms with E-state index >= 15 is 0 Å². The third kappa shape index (κ3) is 9.88. The van der Waals surface area contributed by atoms with E-state index in [1.54, 1.807) is 42.7 Å². The number of hydrogen-bond donors (Lipinski definition) is 2. The highest BCUT2D eigenvalue weighted by Gasteiger charge is 2.11. The Hall–Kier alpha value is -3.99. The van der Waals surface area contributed by atoms with Crippen molar-refractivity contribution >= 4 is 35.4 Å². The summed E-state index contributed by atoms with van der Waals surface area (Å²) < 4.78 is 10.4. The predicted molar refractivity (Wildman–Crippen MR) is 140 cm³/mol. The second kappa shape index (κ2) is 14.5. The maximum absolute atomic E-state index is 12.1. The SMILES string of the molecule is CC(C)COC(=O)c1cccc(NC(=O)NCCCOC(=O)CSc2nccc(-c3ccccn3)n2)c1. The summed E-state index contributed by atoms with van der Waals surface area (Å²) in [4.78, 5) is 49.1. The molecule has 0 spiro atoms. The third-order valence-corrected chi connectivity index (χ3v) is 5.49. The number of benzene rings is 1. The summed E-state index contributed by atoms with van der Waals surface area (Å²) in [5.74, 6) is -0.541. The van der Waals surface area contributed by atoms with Gasteiger partial charge in [-0.25, -0.2) is 19.6 Å². The molecule has 2 N–H and O–H groups in total. The highest BCUT2D eigenvalue weighted by molar-refractivity contribution is 7.99. The average molecular weight is 524 g/mol. The van der Waals surface area contributed by atoms with Crippen molar-refractivity contribution in [1.82, 2.24) is 20.3 Å². The molecule has 194 valence electrons. The average Bonchev–Trinajstić information content (AvgIpc) is 2.91. The summed E-state index contributed by atoms with van der Waals surface area (Å²) >= 11 is 1.18. The number of urea groups is 1. The number of nitrogens with one attached hydrogen (secondary N) is 2. The van der Waals surface area contributed by atoms with Gasteiger partial charge in [-0.1, -0.05) is 37.7 Å². The first-order valence-electron chi connectivity index (χ1n) is 11.8. The lowest BCUT2D eigenvalue weighted by Gasteiger charge is -2.10. The Labute approximate surface area is 219 Å². The molecule has 0 saturated heterocycles. The molecule has 0 aliphatic carbocycles. The Morgan fingerprint density at radius 3 is 2.62 bits per heavy atom. The highest BCUT2D eigenvalue weighted by Crippen LogP contribution is 2.18. The number of rotatable bonds is 12. The molecule has 10 nitrogen and oxygen atoms in total. The molecule has 3 aromatic rings. The molecular formula is C26H29N5O5S. The van der Waals surface area contributed by atoms with Gasteiger partial charge in [0.2, 0.25) is 0 Å². The van der Waals surface area contributed by atoms with Gasteiger partial charge in [0.25, 0.3) is 0 Å². The fourth-order valence-electron chi connectivity index (χ4n) is 2.92. The predicted octanol–water partition coefficient (Wildman–Crippen LogP) is 4.20. The molecule has 0 atom stereocenters. The van der Waals surface area contributed by atoms with E-state index in [4.69, 9.17) is 9.47 Å². The van der Waals surface area contributed by atoms with E-state index < -0.39 is 18.0 Å². The van der Waals surface area contributed by atoms with E-state index in [-0.39, 0.29) is 18.3 Å². The summed E-state index contributed by atoms with van der Waals surface area (Å²) in [6.45, 7) is 4.69. The first kappa shape index (κ1) is 27.6. The monoisotopic (exact) mass is 523 g/mol. The largest absolute Gasteiger partial charge is 0.465 e. The Bertz CT molecular complexity index is 1190.